The number of carbonyl (C=O) groups excluding carboxylic acids is 1. The van der Waals surface area contributed by atoms with Crippen molar-refractivity contribution in [3.8, 4) is 5.69 Å². The molecule has 7 nitrogen and oxygen atoms in total. The summed E-state index contributed by atoms with van der Waals surface area (Å²) >= 11 is 0. The first-order valence-corrected chi connectivity index (χ1v) is 7.06. The van der Waals surface area contributed by atoms with E-state index in [-0.39, 0.29) is 5.91 Å². The van der Waals surface area contributed by atoms with Gasteiger partial charge in [0.15, 0.2) is 0 Å². The van der Waals surface area contributed by atoms with Crippen molar-refractivity contribution in [1.82, 2.24) is 30.4 Å². The summed E-state index contributed by atoms with van der Waals surface area (Å²) in [5, 5.41) is 14.4. The van der Waals surface area contributed by atoms with Crippen LogP contribution in [0.1, 0.15) is 23.2 Å². The van der Waals surface area contributed by atoms with Gasteiger partial charge in [0.25, 0.3) is 5.91 Å². The van der Waals surface area contributed by atoms with Gasteiger partial charge in [0, 0.05) is 25.2 Å². The molecule has 1 fully saturated rings. The van der Waals surface area contributed by atoms with Gasteiger partial charge in [-0.1, -0.05) is 0 Å². The van der Waals surface area contributed by atoms with Gasteiger partial charge in [-0.3, -0.25) is 4.79 Å². The first kappa shape index (κ1) is 13.7. The van der Waals surface area contributed by atoms with Gasteiger partial charge in [-0.05, 0) is 54.1 Å². The quantitative estimate of drug-likeness (QED) is 0.885. The maximum Gasteiger partial charge on any atom is 0.253 e. The second-order valence-corrected chi connectivity index (χ2v) is 5.28. The minimum Gasteiger partial charge on any atom is -0.340 e. The molecule has 1 atom stereocenters. The highest BCUT2D eigenvalue weighted by Crippen LogP contribution is 2.11. The van der Waals surface area contributed by atoms with Gasteiger partial charge in [0.05, 0.1) is 5.69 Å². The third kappa shape index (κ3) is 3.08. The molecule has 0 radical (unpaired) electrons. The van der Waals surface area contributed by atoms with Crippen molar-refractivity contribution in [2.24, 2.45) is 0 Å². The maximum absolute atomic E-state index is 12.4. The molecule has 1 aromatic carbocycles. The van der Waals surface area contributed by atoms with E-state index in [2.05, 4.69) is 20.8 Å². The Hall–Kier alpha value is -2.28. The molecule has 110 valence electrons. The van der Waals surface area contributed by atoms with Gasteiger partial charge in [-0.15, -0.1) is 5.10 Å². The van der Waals surface area contributed by atoms with Crippen LogP contribution >= 0.6 is 0 Å². The van der Waals surface area contributed by atoms with Crippen molar-refractivity contribution in [3.05, 3.63) is 36.2 Å². The summed E-state index contributed by atoms with van der Waals surface area (Å²) in [5.74, 6) is 0.0342. The first-order chi connectivity index (χ1) is 10.2. The Labute approximate surface area is 122 Å². The molecular weight excluding hydrogens is 268 g/mol. The summed E-state index contributed by atoms with van der Waals surface area (Å²) in [5.41, 5.74) is 1.50. The van der Waals surface area contributed by atoms with Gasteiger partial charge in [-0.25, -0.2) is 4.68 Å². The van der Waals surface area contributed by atoms with Crippen LogP contribution in [0.5, 0.6) is 0 Å². The molecule has 0 aliphatic carbocycles. The van der Waals surface area contributed by atoms with Gasteiger partial charge < -0.3 is 10.2 Å². The zero-order valence-electron chi connectivity index (χ0n) is 11.9. The Balaban J connectivity index is 1.66. The van der Waals surface area contributed by atoms with Crippen LogP contribution in [-0.2, 0) is 0 Å². The summed E-state index contributed by atoms with van der Waals surface area (Å²) in [7, 11) is 1.84. The van der Waals surface area contributed by atoms with Crippen LogP contribution in [-0.4, -0.2) is 57.2 Å². The van der Waals surface area contributed by atoms with Crippen LogP contribution in [0.3, 0.4) is 0 Å². The Bertz CT molecular complexity index is 588. The molecule has 0 saturated carbocycles. The van der Waals surface area contributed by atoms with Crippen molar-refractivity contribution >= 4 is 5.91 Å². The normalized spacial score (nSPS) is 17.9. The van der Waals surface area contributed by atoms with E-state index in [0.29, 0.717) is 11.6 Å². The summed E-state index contributed by atoms with van der Waals surface area (Å²) in [6.45, 7) is 1.79. The third-order valence-corrected chi connectivity index (χ3v) is 3.73. The number of rotatable bonds is 4. The highest BCUT2D eigenvalue weighted by Gasteiger charge is 2.19. The lowest BCUT2D eigenvalue weighted by molar-refractivity contribution is 0.0784. The van der Waals surface area contributed by atoms with E-state index in [4.69, 9.17) is 0 Å². The molecule has 2 heterocycles. The van der Waals surface area contributed by atoms with Gasteiger partial charge in [-0.2, -0.15) is 0 Å². The number of hydrogen-bond donors (Lipinski definition) is 1. The molecule has 1 aliphatic rings. The van der Waals surface area contributed by atoms with Gasteiger partial charge >= 0.3 is 0 Å². The molecule has 1 N–H and O–H groups in total. The lowest BCUT2D eigenvalue weighted by Crippen LogP contribution is -2.38. The molecular formula is C14H18N6O. The molecule has 3 rings (SSSR count). The Morgan fingerprint density at radius 1 is 1.43 bits per heavy atom. The molecule has 1 aromatic heterocycles. The predicted molar refractivity (Wildman–Crippen MR) is 77.1 cm³/mol. The number of benzene rings is 1. The van der Waals surface area contributed by atoms with Crippen molar-refractivity contribution in [2.45, 2.75) is 18.9 Å². The van der Waals surface area contributed by atoms with Crippen LogP contribution in [0, 0.1) is 0 Å². The molecule has 1 aliphatic heterocycles. The van der Waals surface area contributed by atoms with E-state index in [9.17, 15) is 4.79 Å². The highest BCUT2D eigenvalue weighted by atomic mass is 16.2. The summed E-state index contributed by atoms with van der Waals surface area (Å²) < 4.78 is 1.56. The number of nitrogens with zero attached hydrogens (tertiary/aromatic N) is 5. The molecule has 7 heteroatoms. The average molecular weight is 286 g/mol. The third-order valence-electron chi connectivity index (χ3n) is 3.73. The standard InChI is InChI=1S/C14H18N6O/c1-19(9-12-3-2-8-15-12)14(21)11-4-6-13(7-5-11)20-10-16-17-18-20/h4-7,10,12,15H,2-3,8-9H2,1H3. The minimum atomic E-state index is 0.0342. The summed E-state index contributed by atoms with van der Waals surface area (Å²) in [6.07, 6.45) is 3.85. The van der Waals surface area contributed by atoms with E-state index >= 15 is 0 Å². The van der Waals surface area contributed by atoms with Crippen molar-refractivity contribution < 1.29 is 4.79 Å². The minimum absolute atomic E-state index is 0.0342. The van der Waals surface area contributed by atoms with Crippen molar-refractivity contribution in [3.63, 3.8) is 0 Å². The highest BCUT2D eigenvalue weighted by molar-refractivity contribution is 5.94. The largest absolute Gasteiger partial charge is 0.340 e. The number of nitrogens with one attached hydrogen (secondary N) is 1. The maximum atomic E-state index is 12.4. The fourth-order valence-electron chi connectivity index (χ4n) is 2.58. The lowest BCUT2D eigenvalue weighted by Gasteiger charge is -2.21. The van der Waals surface area contributed by atoms with E-state index in [0.717, 1.165) is 25.2 Å². The van der Waals surface area contributed by atoms with E-state index in [1.165, 1.54) is 12.7 Å². The zero-order chi connectivity index (χ0) is 14.7. The summed E-state index contributed by atoms with van der Waals surface area (Å²) in [6, 6.07) is 7.70. The van der Waals surface area contributed by atoms with Crippen LogP contribution < -0.4 is 5.32 Å². The van der Waals surface area contributed by atoms with Gasteiger partial charge in [0.2, 0.25) is 0 Å². The topological polar surface area (TPSA) is 75.9 Å². The second-order valence-electron chi connectivity index (χ2n) is 5.28. The Morgan fingerprint density at radius 3 is 2.86 bits per heavy atom. The Kier molecular flexibility index (Phi) is 3.92. The zero-order valence-corrected chi connectivity index (χ0v) is 11.9. The Morgan fingerprint density at radius 2 is 2.24 bits per heavy atom. The van der Waals surface area contributed by atoms with E-state index in [1.807, 2.05) is 19.2 Å². The lowest BCUT2D eigenvalue weighted by atomic mass is 10.1. The molecule has 2 aromatic rings. The number of tetrazole rings is 1. The molecule has 1 unspecified atom stereocenters. The predicted octanol–water partition coefficient (Wildman–Crippen LogP) is 0.486. The van der Waals surface area contributed by atoms with Crippen LogP contribution in [0.4, 0.5) is 0 Å². The monoisotopic (exact) mass is 286 g/mol. The second kappa shape index (κ2) is 6.01. The van der Waals surface area contributed by atoms with Crippen LogP contribution in [0.15, 0.2) is 30.6 Å². The number of likely N-dealkylation sites (N-methyl/N-ethyl adjacent to an activating group) is 1. The number of aromatic nitrogens is 4. The molecule has 1 saturated heterocycles. The SMILES string of the molecule is CN(CC1CCCN1)C(=O)c1ccc(-n2cnnn2)cc1. The fraction of sp³-hybridized carbons (Fsp3) is 0.429. The van der Waals surface area contributed by atoms with Crippen molar-refractivity contribution in [2.75, 3.05) is 20.1 Å². The molecule has 1 amide bonds. The first-order valence-electron chi connectivity index (χ1n) is 7.06. The molecule has 0 spiro atoms. The number of carbonyl (C=O) groups is 1. The fourth-order valence-corrected chi connectivity index (χ4v) is 2.58. The average Bonchev–Trinajstić information content (AvgIpc) is 3.20. The van der Waals surface area contributed by atoms with E-state index < -0.39 is 0 Å². The number of amides is 1. The van der Waals surface area contributed by atoms with E-state index in [1.54, 1.807) is 21.7 Å². The molecule has 21 heavy (non-hydrogen) atoms. The molecule has 0 bridgehead atoms. The summed E-state index contributed by atoms with van der Waals surface area (Å²) in [4.78, 5) is 14.2. The van der Waals surface area contributed by atoms with Crippen LogP contribution in [0.25, 0.3) is 5.69 Å². The van der Waals surface area contributed by atoms with Crippen LogP contribution in [0.2, 0.25) is 0 Å². The smallest absolute Gasteiger partial charge is 0.253 e. The van der Waals surface area contributed by atoms with Crippen molar-refractivity contribution in [1.29, 1.82) is 0 Å². The number of hydrogen-bond acceptors (Lipinski definition) is 5. The van der Waals surface area contributed by atoms with Gasteiger partial charge in [0.1, 0.15) is 6.33 Å².